The summed E-state index contributed by atoms with van der Waals surface area (Å²) in [5, 5.41) is 7.86. The monoisotopic (exact) mass is 289 g/mol. The number of nitrogens with zero attached hydrogens (tertiary/aromatic N) is 2. The van der Waals surface area contributed by atoms with Crippen molar-refractivity contribution in [3.8, 4) is 0 Å². The standard InChI is InChI=1S/C17H24FN3/c1-13(2)21-9-8-17(20-21)11-15(12-19-3)10-14-4-6-16(18)7-5-14/h4-9,13,15,19H,10-12H2,1-3H3. The highest BCUT2D eigenvalue weighted by molar-refractivity contribution is 5.17. The molecular weight excluding hydrogens is 265 g/mol. The van der Waals surface area contributed by atoms with Crippen LogP contribution in [-0.4, -0.2) is 23.4 Å². The molecule has 3 nitrogen and oxygen atoms in total. The van der Waals surface area contributed by atoms with E-state index in [0.717, 1.165) is 25.1 Å². The van der Waals surface area contributed by atoms with Crippen LogP contribution >= 0.6 is 0 Å². The topological polar surface area (TPSA) is 29.9 Å². The lowest BCUT2D eigenvalue weighted by molar-refractivity contribution is 0.474. The van der Waals surface area contributed by atoms with E-state index in [1.54, 1.807) is 0 Å². The molecule has 1 unspecified atom stereocenters. The maximum absolute atomic E-state index is 13.0. The van der Waals surface area contributed by atoms with Crippen LogP contribution in [0.5, 0.6) is 0 Å². The van der Waals surface area contributed by atoms with Crippen molar-refractivity contribution in [3.05, 3.63) is 53.6 Å². The van der Waals surface area contributed by atoms with Crippen LogP contribution < -0.4 is 5.32 Å². The van der Waals surface area contributed by atoms with Crippen LogP contribution in [0.1, 0.15) is 31.1 Å². The van der Waals surface area contributed by atoms with Gasteiger partial charge in [-0.15, -0.1) is 0 Å². The van der Waals surface area contributed by atoms with Gasteiger partial charge in [-0.3, -0.25) is 4.68 Å². The Bertz CT molecular complexity index is 545. The summed E-state index contributed by atoms with van der Waals surface area (Å²) < 4.78 is 15.0. The molecule has 0 aliphatic rings. The van der Waals surface area contributed by atoms with Gasteiger partial charge in [-0.2, -0.15) is 5.10 Å². The van der Waals surface area contributed by atoms with Crippen molar-refractivity contribution < 1.29 is 4.39 Å². The van der Waals surface area contributed by atoms with E-state index >= 15 is 0 Å². The van der Waals surface area contributed by atoms with E-state index in [1.807, 2.05) is 30.1 Å². The molecule has 0 saturated carbocycles. The van der Waals surface area contributed by atoms with Gasteiger partial charge < -0.3 is 5.32 Å². The Morgan fingerprint density at radius 1 is 1.14 bits per heavy atom. The molecule has 0 aliphatic carbocycles. The molecule has 0 bridgehead atoms. The van der Waals surface area contributed by atoms with Crippen LogP contribution in [0.25, 0.3) is 0 Å². The average Bonchev–Trinajstić information content (AvgIpc) is 2.90. The summed E-state index contributed by atoms with van der Waals surface area (Å²) in [6.45, 7) is 5.17. The molecule has 0 saturated heterocycles. The lowest BCUT2D eigenvalue weighted by atomic mass is 9.94. The second-order valence-electron chi connectivity index (χ2n) is 5.84. The molecule has 0 aliphatic heterocycles. The molecule has 2 rings (SSSR count). The molecule has 0 fully saturated rings. The Kier molecular flexibility index (Phi) is 5.51. The largest absolute Gasteiger partial charge is 0.319 e. The minimum Gasteiger partial charge on any atom is -0.319 e. The van der Waals surface area contributed by atoms with Gasteiger partial charge in [0.2, 0.25) is 0 Å². The van der Waals surface area contributed by atoms with Crippen molar-refractivity contribution in [2.24, 2.45) is 5.92 Å². The minimum absolute atomic E-state index is 0.181. The van der Waals surface area contributed by atoms with E-state index in [-0.39, 0.29) is 5.82 Å². The van der Waals surface area contributed by atoms with Crippen LogP contribution in [0.2, 0.25) is 0 Å². The zero-order chi connectivity index (χ0) is 15.2. The van der Waals surface area contributed by atoms with E-state index in [0.29, 0.717) is 12.0 Å². The number of benzene rings is 1. The van der Waals surface area contributed by atoms with Gasteiger partial charge in [0.15, 0.2) is 0 Å². The summed E-state index contributed by atoms with van der Waals surface area (Å²) in [4.78, 5) is 0. The van der Waals surface area contributed by atoms with Crippen molar-refractivity contribution >= 4 is 0 Å². The minimum atomic E-state index is -0.181. The zero-order valence-corrected chi connectivity index (χ0v) is 13.0. The van der Waals surface area contributed by atoms with Gasteiger partial charge in [0.25, 0.3) is 0 Å². The van der Waals surface area contributed by atoms with E-state index in [4.69, 9.17) is 0 Å². The first-order chi connectivity index (χ1) is 10.1. The Balaban J connectivity index is 2.02. The highest BCUT2D eigenvalue weighted by atomic mass is 19.1. The molecule has 2 aromatic rings. The number of rotatable bonds is 7. The average molecular weight is 289 g/mol. The van der Waals surface area contributed by atoms with Gasteiger partial charge in [0, 0.05) is 12.2 Å². The maximum Gasteiger partial charge on any atom is 0.123 e. The molecule has 1 aromatic carbocycles. The number of hydrogen-bond acceptors (Lipinski definition) is 2. The van der Waals surface area contributed by atoms with E-state index in [1.165, 1.54) is 17.7 Å². The molecule has 1 N–H and O–H groups in total. The number of halogens is 1. The summed E-state index contributed by atoms with van der Waals surface area (Å²) in [6, 6.07) is 9.26. The van der Waals surface area contributed by atoms with Gasteiger partial charge in [0.1, 0.15) is 5.82 Å². The van der Waals surface area contributed by atoms with Gasteiger partial charge >= 0.3 is 0 Å². The lowest BCUT2D eigenvalue weighted by Gasteiger charge is -2.15. The maximum atomic E-state index is 13.0. The number of aromatic nitrogens is 2. The smallest absolute Gasteiger partial charge is 0.123 e. The molecular formula is C17H24FN3. The molecule has 0 radical (unpaired) electrons. The fraction of sp³-hybridized carbons (Fsp3) is 0.471. The summed E-state index contributed by atoms with van der Waals surface area (Å²) in [6.07, 6.45) is 3.89. The Labute approximate surface area is 126 Å². The first kappa shape index (κ1) is 15.7. The molecule has 0 spiro atoms. The van der Waals surface area contributed by atoms with Crippen LogP contribution in [0, 0.1) is 11.7 Å². The predicted octanol–water partition coefficient (Wildman–Crippen LogP) is 3.22. The summed E-state index contributed by atoms with van der Waals surface area (Å²) in [7, 11) is 1.96. The van der Waals surface area contributed by atoms with E-state index in [2.05, 4.69) is 30.3 Å². The lowest BCUT2D eigenvalue weighted by Crippen LogP contribution is -2.23. The highest BCUT2D eigenvalue weighted by Gasteiger charge is 2.12. The SMILES string of the molecule is CNCC(Cc1ccc(F)cc1)Cc1ccn(C(C)C)n1. The van der Waals surface area contributed by atoms with Gasteiger partial charge in [-0.25, -0.2) is 4.39 Å². The number of hydrogen-bond donors (Lipinski definition) is 1. The van der Waals surface area contributed by atoms with E-state index in [9.17, 15) is 4.39 Å². The quantitative estimate of drug-likeness (QED) is 0.848. The zero-order valence-electron chi connectivity index (χ0n) is 13.0. The summed E-state index contributed by atoms with van der Waals surface area (Å²) >= 11 is 0. The van der Waals surface area contributed by atoms with Crippen LogP contribution in [-0.2, 0) is 12.8 Å². The molecule has 114 valence electrons. The van der Waals surface area contributed by atoms with Crippen molar-refractivity contribution in [2.45, 2.75) is 32.7 Å². The molecule has 0 amide bonds. The van der Waals surface area contributed by atoms with Gasteiger partial charge in [-0.1, -0.05) is 12.1 Å². The summed E-state index contributed by atoms with van der Waals surface area (Å²) in [5.74, 6) is 0.274. The molecule has 1 heterocycles. The fourth-order valence-electron chi connectivity index (χ4n) is 2.53. The van der Waals surface area contributed by atoms with Gasteiger partial charge in [0.05, 0.1) is 5.69 Å². The second kappa shape index (κ2) is 7.36. The molecule has 1 atom stereocenters. The van der Waals surface area contributed by atoms with Crippen LogP contribution in [0.15, 0.2) is 36.5 Å². The third kappa shape index (κ3) is 4.67. The normalized spacial score (nSPS) is 12.8. The Morgan fingerprint density at radius 3 is 2.43 bits per heavy atom. The third-order valence-electron chi connectivity index (χ3n) is 3.62. The molecule has 21 heavy (non-hydrogen) atoms. The highest BCUT2D eigenvalue weighted by Crippen LogP contribution is 2.15. The fourth-order valence-corrected chi connectivity index (χ4v) is 2.53. The van der Waals surface area contributed by atoms with Crippen molar-refractivity contribution in [2.75, 3.05) is 13.6 Å². The Morgan fingerprint density at radius 2 is 1.86 bits per heavy atom. The van der Waals surface area contributed by atoms with Crippen LogP contribution in [0.4, 0.5) is 4.39 Å². The van der Waals surface area contributed by atoms with Crippen molar-refractivity contribution in [1.29, 1.82) is 0 Å². The van der Waals surface area contributed by atoms with E-state index < -0.39 is 0 Å². The van der Waals surface area contributed by atoms with Crippen LogP contribution in [0.3, 0.4) is 0 Å². The first-order valence-electron chi connectivity index (χ1n) is 7.51. The van der Waals surface area contributed by atoms with Crippen molar-refractivity contribution in [3.63, 3.8) is 0 Å². The second-order valence-corrected chi connectivity index (χ2v) is 5.84. The van der Waals surface area contributed by atoms with Crippen molar-refractivity contribution in [1.82, 2.24) is 15.1 Å². The predicted molar refractivity (Wildman–Crippen MR) is 83.8 cm³/mol. The molecule has 1 aromatic heterocycles. The first-order valence-corrected chi connectivity index (χ1v) is 7.51. The third-order valence-corrected chi connectivity index (χ3v) is 3.62. The van der Waals surface area contributed by atoms with Gasteiger partial charge in [-0.05, 0) is 70.0 Å². The summed E-state index contributed by atoms with van der Waals surface area (Å²) in [5.41, 5.74) is 2.28. The molecule has 4 heteroatoms. The Hall–Kier alpha value is -1.68. The number of nitrogens with one attached hydrogen (secondary N) is 1.